The summed E-state index contributed by atoms with van der Waals surface area (Å²) < 4.78 is 8.74. The van der Waals surface area contributed by atoms with Crippen LogP contribution in [0.15, 0.2) is 67.4 Å². The maximum absolute atomic E-state index is 11.8. The van der Waals surface area contributed by atoms with Crippen LogP contribution in [0.1, 0.15) is 25.5 Å². The Bertz CT molecular complexity index is 1250. The fourth-order valence-corrected chi connectivity index (χ4v) is 3.90. The SMILES string of the molecule is CCOC(=O)CCCn1cncc1Cn1cc(-c2cccc3ccccc23)c([N+](=O)[O-])c1. The van der Waals surface area contributed by atoms with E-state index in [2.05, 4.69) is 4.98 Å². The second kappa shape index (κ2) is 9.47. The van der Waals surface area contributed by atoms with Gasteiger partial charge in [0.1, 0.15) is 0 Å². The van der Waals surface area contributed by atoms with E-state index >= 15 is 0 Å². The van der Waals surface area contributed by atoms with E-state index in [-0.39, 0.29) is 16.6 Å². The van der Waals surface area contributed by atoms with Crippen molar-refractivity contribution in [2.24, 2.45) is 0 Å². The van der Waals surface area contributed by atoms with E-state index in [4.69, 9.17) is 4.74 Å². The molecule has 164 valence electrons. The standard InChI is InChI=1S/C24H24N4O4/c1-2-32-24(29)11-6-12-27-17-25-13-19(27)14-26-15-22(23(16-26)28(30)31)21-10-5-8-18-7-3-4-9-20(18)21/h3-5,7-10,13,15-17H,2,6,11-12,14H2,1H3. The van der Waals surface area contributed by atoms with Crippen LogP contribution in [0.5, 0.6) is 0 Å². The normalized spacial score (nSPS) is 11.0. The Morgan fingerprint density at radius 3 is 2.75 bits per heavy atom. The number of fused-ring (bicyclic) bond motifs is 1. The molecule has 0 bridgehead atoms. The molecule has 8 heteroatoms. The topological polar surface area (TPSA) is 92.2 Å². The number of hydrogen-bond acceptors (Lipinski definition) is 5. The Morgan fingerprint density at radius 1 is 1.12 bits per heavy atom. The Morgan fingerprint density at radius 2 is 1.94 bits per heavy atom. The molecule has 0 spiro atoms. The number of aromatic nitrogens is 3. The zero-order valence-electron chi connectivity index (χ0n) is 17.8. The van der Waals surface area contributed by atoms with E-state index in [0.717, 1.165) is 22.0 Å². The summed E-state index contributed by atoms with van der Waals surface area (Å²) in [5.41, 5.74) is 2.38. The van der Waals surface area contributed by atoms with Gasteiger partial charge < -0.3 is 13.9 Å². The van der Waals surface area contributed by atoms with Crippen molar-refractivity contribution in [3.8, 4) is 11.1 Å². The van der Waals surface area contributed by atoms with Crippen molar-refractivity contribution in [1.29, 1.82) is 0 Å². The van der Waals surface area contributed by atoms with Crippen molar-refractivity contribution in [2.45, 2.75) is 32.9 Å². The minimum absolute atomic E-state index is 0.0646. The van der Waals surface area contributed by atoms with Crippen LogP contribution in [0.25, 0.3) is 21.9 Å². The van der Waals surface area contributed by atoms with Crippen molar-refractivity contribution in [1.82, 2.24) is 14.1 Å². The molecule has 8 nitrogen and oxygen atoms in total. The molecule has 0 unspecified atom stereocenters. The molecule has 2 heterocycles. The first kappa shape index (κ1) is 21.3. The predicted octanol–water partition coefficient (Wildman–Crippen LogP) is 4.80. The zero-order chi connectivity index (χ0) is 22.5. The van der Waals surface area contributed by atoms with Crippen molar-refractivity contribution in [3.05, 3.63) is 83.2 Å². The maximum atomic E-state index is 11.8. The summed E-state index contributed by atoms with van der Waals surface area (Å²) >= 11 is 0. The molecule has 0 aliphatic carbocycles. The number of esters is 1. The van der Waals surface area contributed by atoms with E-state index in [0.29, 0.717) is 38.1 Å². The largest absolute Gasteiger partial charge is 0.466 e. The number of imidazole rings is 1. The molecule has 0 aliphatic heterocycles. The number of nitrogens with zero attached hydrogens (tertiary/aromatic N) is 4. The Balaban J connectivity index is 1.59. The second-order valence-electron chi connectivity index (χ2n) is 7.50. The van der Waals surface area contributed by atoms with Crippen molar-refractivity contribution >= 4 is 22.4 Å². The predicted molar refractivity (Wildman–Crippen MR) is 121 cm³/mol. The van der Waals surface area contributed by atoms with E-state index in [1.807, 2.05) is 57.8 Å². The average Bonchev–Trinajstić information content (AvgIpc) is 3.41. The summed E-state index contributed by atoms with van der Waals surface area (Å²) in [6.45, 7) is 3.22. The second-order valence-corrected chi connectivity index (χ2v) is 7.50. The molecule has 0 saturated heterocycles. The lowest BCUT2D eigenvalue weighted by Gasteiger charge is -2.09. The van der Waals surface area contributed by atoms with Crippen LogP contribution in [-0.2, 0) is 22.6 Å². The van der Waals surface area contributed by atoms with Crippen LogP contribution in [0.3, 0.4) is 0 Å². The molecule has 0 atom stereocenters. The smallest absolute Gasteiger partial charge is 0.305 e. The first-order chi connectivity index (χ1) is 15.6. The molecule has 4 aromatic rings. The molecule has 0 saturated carbocycles. The van der Waals surface area contributed by atoms with Gasteiger partial charge in [-0.15, -0.1) is 0 Å². The monoisotopic (exact) mass is 432 g/mol. The Kier molecular flexibility index (Phi) is 6.30. The van der Waals surface area contributed by atoms with Gasteiger partial charge in [0.25, 0.3) is 5.69 Å². The van der Waals surface area contributed by atoms with Crippen molar-refractivity contribution in [3.63, 3.8) is 0 Å². The lowest BCUT2D eigenvalue weighted by Crippen LogP contribution is -2.09. The summed E-state index contributed by atoms with van der Waals surface area (Å²) in [6.07, 6.45) is 7.81. The van der Waals surface area contributed by atoms with Gasteiger partial charge >= 0.3 is 5.97 Å². The number of nitro groups is 1. The summed E-state index contributed by atoms with van der Waals surface area (Å²) in [5.74, 6) is -0.213. The molecular formula is C24H24N4O4. The van der Waals surface area contributed by atoms with E-state index in [1.165, 1.54) is 0 Å². The molecule has 2 aromatic carbocycles. The average molecular weight is 432 g/mol. The summed E-state index contributed by atoms with van der Waals surface area (Å²) in [4.78, 5) is 27.2. The van der Waals surface area contributed by atoms with Gasteiger partial charge in [-0.05, 0) is 29.7 Å². The lowest BCUT2D eigenvalue weighted by molar-refractivity contribution is -0.384. The zero-order valence-corrected chi connectivity index (χ0v) is 17.8. The molecule has 0 N–H and O–H groups in total. The molecule has 4 rings (SSSR count). The minimum atomic E-state index is -0.343. The number of carbonyl (C=O) groups excluding carboxylic acids is 1. The van der Waals surface area contributed by atoms with Crippen LogP contribution in [0.4, 0.5) is 5.69 Å². The van der Waals surface area contributed by atoms with E-state index in [9.17, 15) is 14.9 Å². The highest BCUT2D eigenvalue weighted by atomic mass is 16.6. The van der Waals surface area contributed by atoms with Gasteiger partial charge in [0.15, 0.2) is 0 Å². The molecule has 2 aromatic heterocycles. The molecule has 0 radical (unpaired) electrons. The number of carbonyl (C=O) groups is 1. The van der Waals surface area contributed by atoms with Gasteiger partial charge in [-0.25, -0.2) is 4.98 Å². The number of rotatable bonds is 9. The van der Waals surface area contributed by atoms with Crippen molar-refractivity contribution in [2.75, 3.05) is 6.61 Å². The van der Waals surface area contributed by atoms with Crippen LogP contribution in [-0.4, -0.2) is 31.6 Å². The minimum Gasteiger partial charge on any atom is -0.466 e. The van der Waals surface area contributed by atoms with E-state index < -0.39 is 0 Å². The Hall–Kier alpha value is -3.94. The number of benzene rings is 2. The first-order valence-corrected chi connectivity index (χ1v) is 10.5. The van der Waals surface area contributed by atoms with Gasteiger partial charge in [0.2, 0.25) is 0 Å². The molecule has 0 amide bonds. The van der Waals surface area contributed by atoms with Crippen LogP contribution >= 0.6 is 0 Å². The highest BCUT2D eigenvalue weighted by molar-refractivity contribution is 5.98. The quantitative estimate of drug-likeness (QED) is 0.215. The summed E-state index contributed by atoms with van der Waals surface area (Å²) in [6, 6.07) is 13.7. The molecule has 32 heavy (non-hydrogen) atoms. The van der Waals surface area contributed by atoms with Gasteiger partial charge in [-0.3, -0.25) is 14.9 Å². The highest BCUT2D eigenvalue weighted by Crippen LogP contribution is 2.35. The summed E-state index contributed by atoms with van der Waals surface area (Å²) in [5, 5.41) is 13.8. The van der Waals surface area contributed by atoms with Crippen molar-refractivity contribution < 1.29 is 14.5 Å². The van der Waals surface area contributed by atoms with Gasteiger partial charge in [0.05, 0.1) is 41.9 Å². The molecule has 0 aliphatic rings. The maximum Gasteiger partial charge on any atom is 0.305 e. The summed E-state index contributed by atoms with van der Waals surface area (Å²) in [7, 11) is 0. The first-order valence-electron chi connectivity index (χ1n) is 10.5. The number of aryl methyl sites for hydroxylation is 1. The third-order valence-electron chi connectivity index (χ3n) is 5.36. The van der Waals surface area contributed by atoms with Gasteiger partial charge in [0, 0.05) is 25.4 Å². The van der Waals surface area contributed by atoms with Gasteiger partial charge in [-0.2, -0.15) is 0 Å². The number of ether oxygens (including phenoxy) is 1. The van der Waals surface area contributed by atoms with Crippen LogP contribution in [0.2, 0.25) is 0 Å². The third kappa shape index (κ3) is 4.54. The van der Waals surface area contributed by atoms with Gasteiger partial charge in [-0.1, -0.05) is 42.5 Å². The fraction of sp³-hybridized carbons (Fsp3) is 0.250. The lowest BCUT2D eigenvalue weighted by atomic mass is 9.99. The Labute approximate surface area is 185 Å². The van der Waals surface area contributed by atoms with Crippen LogP contribution in [0, 0.1) is 10.1 Å². The highest BCUT2D eigenvalue weighted by Gasteiger charge is 2.21. The molecular weight excluding hydrogens is 408 g/mol. The van der Waals surface area contributed by atoms with Crippen LogP contribution < -0.4 is 0 Å². The fourth-order valence-electron chi connectivity index (χ4n) is 3.90. The number of hydrogen-bond donors (Lipinski definition) is 0. The third-order valence-corrected chi connectivity index (χ3v) is 5.36. The molecule has 0 fully saturated rings. The van der Waals surface area contributed by atoms with E-state index in [1.54, 1.807) is 25.6 Å².